The first-order valence-electron chi connectivity index (χ1n) is 6.05. The molecule has 7 nitrogen and oxygen atoms in total. The standard InChI is InChI=1S/C11H21N3O4/c1-17-9(8-12)11(16)13-3-2-10(15)14-4-6-18-7-5-14/h9H,2-8,12H2,1H3,(H,13,16). The van der Waals surface area contributed by atoms with Crippen molar-refractivity contribution in [2.24, 2.45) is 5.73 Å². The summed E-state index contributed by atoms with van der Waals surface area (Å²) in [6, 6.07) is 0. The van der Waals surface area contributed by atoms with Gasteiger partial charge in [0.1, 0.15) is 6.10 Å². The van der Waals surface area contributed by atoms with Gasteiger partial charge >= 0.3 is 0 Å². The largest absolute Gasteiger partial charge is 0.378 e. The first-order valence-corrected chi connectivity index (χ1v) is 6.05. The zero-order valence-corrected chi connectivity index (χ0v) is 10.7. The van der Waals surface area contributed by atoms with Crippen LogP contribution in [-0.4, -0.2) is 69.3 Å². The second-order valence-electron chi connectivity index (χ2n) is 3.99. The van der Waals surface area contributed by atoms with Crippen LogP contribution in [0.25, 0.3) is 0 Å². The first kappa shape index (κ1) is 14.9. The maximum atomic E-state index is 11.8. The minimum Gasteiger partial charge on any atom is -0.378 e. The molecule has 7 heteroatoms. The molecule has 1 heterocycles. The van der Waals surface area contributed by atoms with E-state index in [-0.39, 0.29) is 24.8 Å². The summed E-state index contributed by atoms with van der Waals surface area (Å²) in [6.45, 7) is 2.83. The third-order valence-corrected chi connectivity index (χ3v) is 2.79. The number of ether oxygens (including phenoxy) is 2. The van der Waals surface area contributed by atoms with E-state index < -0.39 is 6.10 Å². The highest BCUT2D eigenvalue weighted by Crippen LogP contribution is 1.99. The number of hydrogen-bond donors (Lipinski definition) is 2. The average molecular weight is 259 g/mol. The van der Waals surface area contributed by atoms with Gasteiger partial charge in [-0.25, -0.2) is 0 Å². The fourth-order valence-electron chi connectivity index (χ4n) is 1.69. The molecule has 1 fully saturated rings. The Balaban J connectivity index is 2.20. The van der Waals surface area contributed by atoms with Gasteiger partial charge < -0.3 is 25.4 Å². The number of carbonyl (C=O) groups excluding carboxylic acids is 2. The SMILES string of the molecule is COC(CN)C(=O)NCCC(=O)N1CCOCC1. The van der Waals surface area contributed by atoms with Crippen LogP contribution in [0, 0.1) is 0 Å². The van der Waals surface area contributed by atoms with Gasteiger partial charge in [0.05, 0.1) is 13.2 Å². The van der Waals surface area contributed by atoms with Crippen LogP contribution in [0.5, 0.6) is 0 Å². The number of nitrogens with two attached hydrogens (primary N) is 1. The van der Waals surface area contributed by atoms with E-state index in [9.17, 15) is 9.59 Å². The van der Waals surface area contributed by atoms with Gasteiger partial charge in [-0.1, -0.05) is 0 Å². The molecule has 0 radical (unpaired) electrons. The van der Waals surface area contributed by atoms with Crippen molar-refractivity contribution in [1.82, 2.24) is 10.2 Å². The normalized spacial score (nSPS) is 17.3. The van der Waals surface area contributed by atoms with Gasteiger partial charge in [-0.05, 0) is 0 Å². The smallest absolute Gasteiger partial charge is 0.250 e. The molecule has 0 saturated carbocycles. The van der Waals surface area contributed by atoms with Crippen molar-refractivity contribution in [1.29, 1.82) is 0 Å². The Morgan fingerprint density at radius 1 is 1.44 bits per heavy atom. The molecule has 1 atom stereocenters. The summed E-state index contributed by atoms with van der Waals surface area (Å²) in [4.78, 5) is 25.0. The van der Waals surface area contributed by atoms with E-state index in [0.717, 1.165) is 0 Å². The van der Waals surface area contributed by atoms with Crippen LogP contribution in [0.4, 0.5) is 0 Å². The molecule has 2 amide bonds. The summed E-state index contributed by atoms with van der Waals surface area (Å²) < 4.78 is 10.0. The van der Waals surface area contributed by atoms with Crippen LogP contribution < -0.4 is 11.1 Å². The van der Waals surface area contributed by atoms with Gasteiger partial charge in [-0.3, -0.25) is 9.59 Å². The van der Waals surface area contributed by atoms with E-state index in [1.807, 2.05) is 0 Å². The van der Waals surface area contributed by atoms with E-state index in [1.54, 1.807) is 4.90 Å². The molecule has 0 aromatic rings. The van der Waals surface area contributed by atoms with Gasteiger partial charge in [-0.2, -0.15) is 0 Å². The Morgan fingerprint density at radius 2 is 2.11 bits per heavy atom. The molecular weight excluding hydrogens is 238 g/mol. The predicted octanol–water partition coefficient (Wildman–Crippen LogP) is -1.67. The predicted molar refractivity (Wildman–Crippen MR) is 64.9 cm³/mol. The maximum absolute atomic E-state index is 11.8. The number of rotatable bonds is 6. The molecule has 0 spiro atoms. The minimum atomic E-state index is -0.650. The molecule has 0 aromatic heterocycles. The van der Waals surface area contributed by atoms with E-state index in [2.05, 4.69) is 5.32 Å². The van der Waals surface area contributed by atoms with Crippen molar-refractivity contribution in [3.63, 3.8) is 0 Å². The molecule has 1 aliphatic heterocycles. The van der Waals surface area contributed by atoms with Gasteiger partial charge in [0.25, 0.3) is 0 Å². The Bertz CT molecular complexity index is 275. The number of carbonyl (C=O) groups is 2. The lowest BCUT2D eigenvalue weighted by atomic mass is 10.3. The topological polar surface area (TPSA) is 93.9 Å². The number of morpholine rings is 1. The molecule has 0 aromatic carbocycles. The number of nitrogens with zero attached hydrogens (tertiary/aromatic N) is 1. The van der Waals surface area contributed by atoms with E-state index in [1.165, 1.54) is 7.11 Å². The average Bonchev–Trinajstić information content (AvgIpc) is 2.41. The fourth-order valence-corrected chi connectivity index (χ4v) is 1.69. The Kier molecular flexibility index (Phi) is 6.63. The highest BCUT2D eigenvalue weighted by Gasteiger charge is 2.18. The quantitative estimate of drug-likeness (QED) is 0.594. The summed E-state index contributed by atoms with van der Waals surface area (Å²) in [5, 5.41) is 2.63. The molecule has 1 rings (SSSR count). The van der Waals surface area contributed by atoms with E-state index in [4.69, 9.17) is 15.2 Å². The summed E-state index contributed by atoms with van der Waals surface area (Å²) in [5.41, 5.74) is 5.36. The third-order valence-electron chi connectivity index (χ3n) is 2.79. The van der Waals surface area contributed by atoms with Crippen molar-refractivity contribution >= 4 is 11.8 Å². The zero-order valence-electron chi connectivity index (χ0n) is 10.7. The Labute approximate surface area is 107 Å². The van der Waals surface area contributed by atoms with E-state index >= 15 is 0 Å². The molecule has 3 N–H and O–H groups in total. The number of hydrogen-bond acceptors (Lipinski definition) is 5. The Hall–Kier alpha value is -1.18. The van der Waals surface area contributed by atoms with Crippen LogP contribution in [-0.2, 0) is 19.1 Å². The van der Waals surface area contributed by atoms with Crippen LogP contribution >= 0.6 is 0 Å². The second kappa shape index (κ2) is 8.02. The lowest BCUT2D eigenvalue weighted by Crippen LogP contribution is -2.44. The fraction of sp³-hybridized carbons (Fsp3) is 0.818. The van der Waals surface area contributed by atoms with Gasteiger partial charge in [-0.15, -0.1) is 0 Å². The summed E-state index contributed by atoms with van der Waals surface area (Å²) in [6.07, 6.45) is -0.365. The highest BCUT2D eigenvalue weighted by molar-refractivity contribution is 5.82. The van der Waals surface area contributed by atoms with Gasteiger partial charge in [0, 0.05) is 39.7 Å². The van der Waals surface area contributed by atoms with Gasteiger partial charge in [0.15, 0.2) is 0 Å². The van der Waals surface area contributed by atoms with Crippen molar-refractivity contribution in [2.45, 2.75) is 12.5 Å². The van der Waals surface area contributed by atoms with Crippen molar-refractivity contribution in [2.75, 3.05) is 46.5 Å². The highest BCUT2D eigenvalue weighted by atomic mass is 16.5. The van der Waals surface area contributed by atoms with Crippen LogP contribution in [0.2, 0.25) is 0 Å². The minimum absolute atomic E-state index is 0.0281. The summed E-state index contributed by atoms with van der Waals surface area (Å²) in [5.74, 6) is -0.255. The maximum Gasteiger partial charge on any atom is 0.250 e. The number of amides is 2. The molecule has 0 aliphatic carbocycles. The number of nitrogens with one attached hydrogen (secondary N) is 1. The summed E-state index contributed by atoms with van der Waals surface area (Å²) >= 11 is 0. The van der Waals surface area contributed by atoms with Gasteiger partial charge in [0.2, 0.25) is 11.8 Å². The molecule has 104 valence electrons. The Morgan fingerprint density at radius 3 is 2.67 bits per heavy atom. The van der Waals surface area contributed by atoms with Crippen LogP contribution in [0.1, 0.15) is 6.42 Å². The second-order valence-corrected chi connectivity index (χ2v) is 3.99. The first-order chi connectivity index (χ1) is 8.69. The zero-order chi connectivity index (χ0) is 13.4. The number of methoxy groups -OCH3 is 1. The monoisotopic (exact) mass is 259 g/mol. The summed E-state index contributed by atoms with van der Waals surface area (Å²) in [7, 11) is 1.43. The van der Waals surface area contributed by atoms with E-state index in [0.29, 0.717) is 32.8 Å². The lowest BCUT2D eigenvalue weighted by Gasteiger charge is -2.27. The van der Waals surface area contributed by atoms with Crippen LogP contribution in [0.3, 0.4) is 0 Å². The molecular formula is C11H21N3O4. The molecule has 18 heavy (non-hydrogen) atoms. The molecule has 1 saturated heterocycles. The van der Waals surface area contributed by atoms with Crippen molar-refractivity contribution in [3.8, 4) is 0 Å². The molecule has 0 bridgehead atoms. The van der Waals surface area contributed by atoms with Crippen molar-refractivity contribution < 1.29 is 19.1 Å². The van der Waals surface area contributed by atoms with Crippen LogP contribution in [0.15, 0.2) is 0 Å². The lowest BCUT2D eigenvalue weighted by molar-refractivity contribution is -0.135. The third kappa shape index (κ3) is 4.59. The molecule has 1 aliphatic rings. The van der Waals surface area contributed by atoms with Crippen molar-refractivity contribution in [3.05, 3.63) is 0 Å². The molecule has 1 unspecified atom stereocenters.